The minimum atomic E-state index is -0.435. The molecule has 1 heterocycles. The number of ether oxygens (including phenoxy) is 1. The molecule has 39 heavy (non-hydrogen) atoms. The summed E-state index contributed by atoms with van der Waals surface area (Å²) in [5, 5.41) is 13.9. The molecule has 2 aromatic rings. The van der Waals surface area contributed by atoms with E-state index in [2.05, 4.69) is 51.7 Å². The van der Waals surface area contributed by atoms with E-state index in [4.69, 9.17) is 4.74 Å². The van der Waals surface area contributed by atoms with Gasteiger partial charge in [-0.2, -0.15) is 0 Å². The predicted molar refractivity (Wildman–Crippen MR) is 158 cm³/mol. The van der Waals surface area contributed by atoms with E-state index < -0.39 is 6.04 Å². The number of methoxy groups -OCH3 is 1. The zero-order valence-electron chi connectivity index (χ0n) is 25.1. The van der Waals surface area contributed by atoms with Crippen LogP contribution in [-0.4, -0.2) is 23.1 Å². The lowest BCUT2D eigenvalue weighted by atomic mass is 9.43. The molecule has 0 amide bonds. The molecule has 3 saturated carbocycles. The zero-order valence-corrected chi connectivity index (χ0v) is 25.1. The monoisotopic (exact) mass is 534 g/mol. The second-order valence-corrected chi connectivity index (χ2v) is 15.0. The SMILES string of the molecule is COc1ccc2[nH]c3c(c2c1)CC1(C)C2CCC4(C)C(C(C)CCCC(C)C)CCC4C2CC([N+](=O)[O-])C1C3. The number of nitro groups is 1. The Bertz CT molecular complexity index is 1230. The number of fused-ring (bicyclic) bond motifs is 8. The van der Waals surface area contributed by atoms with E-state index in [-0.39, 0.29) is 16.3 Å². The van der Waals surface area contributed by atoms with Gasteiger partial charge in [0.25, 0.3) is 0 Å². The number of rotatable bonds is 7. The van der Waals surface area contributed by atoms with E-state index in [1.54, 1.807) is 7.11 Å². The second kappa shape index (κ2) is 9.80. The Morgan fingerprint density at radius 1 is 1.08 bits per heavy atom. The number of benzene rings is 1. The van der Waals surface area contributed by atoms with Crippen molar-refractivity contribution in [3.8, 4) is 5.75 Å². The first-order valence-electron chi connectivity index (χ1n) is 15.9. The molecule has 5 nitrogen and oxygen atoms in total. The number of H-pyrrole nitrogens is 1. The molecule has 4 aliphatic rings. The summed E-state index contributed by atoms with van der Waals surface area (Å²) in [7, 11) is 1.73. The van der Waals surface area contributed by atoms with Crippen LogP contribution in [0.2, 0.25) is 0 Å². The van der Waals surface area contributed by atoms with Crippen LogP contribution in [0.1, 0.15) is 97.2 Å². The normalized spacial score (nSPS) is 38.1. The van der Waals surface area contributed by atoms with Crippen molar-refractivity contribution in [2.75, 3.05) is 7.11 Å². The van der Waals surface area contributed by atoms with E-state index in [9.17, 15) is 10.1 Å². The van der Waals surface area contributed by atoms with E-state index in [0.29, 0.717) is 23.2 Å². The molecule has 0 saturated heterocycles. The summed E-state index contributed by atoms with van der Waals surface area (Å²) in [6.45, 7) is 12.2. The summed E-state index contributed by atoms with van der Waals surface area (Å²) in [5.41, 5.74) is 4.06. The molecule has 1 N–H and O–H groups in total. The van der Waals surface area contributed by atoms with Crippen LogP contribution in [0.3, 0.4) is 0 Å². The van der Waals surface area contributed by atoms with Gasteiger partial charge in [-0.1, -0.05) is 53.9 Å². The Hall–Kier alpha value is -2.04. The minimum absolute atomic E-state index is 0.0336. The molecule has 0 spiro atoms. The lowest BCUT2D eigenvalue weighted by Crippen LogP contribution is -2.60. The Labute approximate surface area is 235 Å². The average Bonchev–Trinajstić information content (AvgIpc) is 3.42. The Morgan fingerprint density at radius 2 is 1.85 bits per heavy atom. The van der Waals surface area contributed by atoms with Crippen LogP contribution in [0, 0.1) is 62.4 Å². The number of nitrogens with zero attached hydrogens (tertiary/aromatic N) is 1. The lowest BCUT2D eigenvalue weighted by molar-refractivity contribution is -0.546. The standard InChI is InChI=1S/C34H50N2O3/c1-20(2)8-7-9-21(3)26-11-12-27-24-17-32(36(37)38)29-18-31-25(23-16-22(39-6)10-13-30(23)35-31)19-34(29,5)28(24)14-15-33(26,27)4/h10,13,16,20-21,24,26-29,32,35H,7-9,11-12,14-15,17-19H2,1-6H3. The highest BCUT2D eigenvalue weighted by Crippen LogP contribution is 2.68. The fourth-order valence-corrected chi connectivity index (χ4v) is 10.9. The van der Waals surface area contributed by atoms with Crippen LogP contribution in [0.5, 0.6) is 5.75 Å². The van der Waals surface area contributed by atoms with E-state index >= 15 is 0 Å². The highest BCUT2D eigenvalue weighted by molar-refractivity contribution is 5.86. The maximum Gasteiger partial charge on any atom is 0.217 e. The fourth-order valence-electron chi connectivity index (χ4n) is 10.9. The summed E-state index contributed by atoms with van der Waals surface area (Å²) in [6.07, 6.45) is 11.7. The third kappa shape index (κ3) is 4.23. The highest BCUT2D eigenvalue weighted by atomic mass is 16.6. The van der Waals surface area contributed by atoms with Crippen molar-refractivity contribution in [2.45, 2.75) is 105 Å². The summed E-state index contributed by atoms with van der Waals surface area (Å²) < 4.78 is 5.57. The molecule has 0 bridgehead atoms. The molecule has 0 aliphatic heterocycles. The smallest absolute Gasteiger partial charge is 0.217 e. The summed E-state index contributed by atoms with van der Waals surface area (Å²) in [6, 6.07) is 5.85. The zero-order chi connectivity index (χ0) is 27.7. The minimum Gasteiger partial charge on any atom is -0.497 e. The second-order valence-electron chi connectivity index (χ2n) is 15.0. The van der Waals surface area contributed by atoms with Crippen molar-refractivity contribution in [3.63, 3.8) is 0 Å². The molecule has 1 aromatic carbocycles. The number of hydrogen-bond acceptors (Lipinski definition) is 3. The predicted octanol–water partition coefficient (Wildman–Crippen LogP) is 8.47. The van der Waals surface area contributed by atoms with Gasteiger partial charge in [-0.15, -0.1) is 0 Å². The molecule has 9 unspecified atom stereocenters. The van der Waals surface area contributed by atoms with Crippen molar-refractivity contribution in [1.82, 2.24) is 4.98 Å². The first-order valence-corrected chi connectivity index (χ1v) is 15.9. The highest BCUT2D eigenvalue weighted by Gasteiger charge is 2.65. The summed E-state index contributed by atoms with van der Waals surface area (Å²) in [4.78, 5) is 16.5. The van der Waals surface area contributed by atoms with Crippen molar-refractivity contribution >= 4 is 10.9 Å². The Balaban J connectivity index is 1.32. The molecule has 1 aromatic heterocycles. The molecule has 214 valence electrons. The number of nitrogens with one attached hydrogen (secondary N) is 1. The number of hydrogen-bond donors (Lipinski definition) is 1. The summed E-state index contributed by atoms with van der Waals surface area (Å²) >= 11 is 0. The molecule has 4 aliphatic carbocycles. The molecule has 3 fully saturated rings. The largest absolute Gasteiger partial charge is 0.497 e. The van der Waals surface area contributed by atoms with Gasteiger partial charge in [0, 0.05) is 33.9 Å². The van der Waals surface area contributed by atoms with Crippen molar-refractivity contribution in [3.05, 3.63) is 39.6 Å². The van der Waals surface area contributed by atoms with Crippen LogP contribution in [0.4, 0.5) is 0 Å². The molecule has 9 atom stereocenters. The molecule has 5 heteroatoms. The van der Waals surface area contributed by atoms with Gasteiger partial charge in [0.1, 0.15) is 5.75 Å². The van der Waals surface area contributed by atoms with Gasteiger partial charge in [0.2, 0.25) is 6.04 Å². The molecule has 0 radical (unpaired) electrons. The maximum atomic E-state index is 12.7. The van der Waals surface area contributed by atoms with E-state index in [0.717, 1.165) is 48.3 Å². The van der Waals surface area contributed by atoms with Crippen LogP contribution in [0.15, 0.2) is 18.2 Å². The first-order chi connectivity index (χ1) is 18.6. The van der Waals surface area contributed by atoms with Crippen molar-refractivity contribution < 1.29 is 9.66 Å². The fraction of sp³-hybridized carbons (Fsp3) is 0.765. The van der Waals surface area contributed by atoms with Crippen LogP contribution in [0.25, 0.3) is 10.9 Å². The first kappa shape index (κ1) is 27.1. The van der Waals surface area contributed by atoms with Gasteiger partial charge in [0.15, 0.2) is 0 Å². The lowest BCUT2D eigenvalue weighted by Gasteiger charge is -2.60. The third-order valence-electron chi connectivity index (χ3n) is 12.8. The van der Waals surface area contributed by atoms with Gasteiger partial charge in [-0.05, 0) is 109 Å². The van der Waals surface area contributed by atoms with Gasteiger partial charge < -0.3 is 9.72 Å². The molecular weight excluding hydrogens is 484 g/mol. The maximum absolute atomic E-state index is 12.7. The van der Waals surface area contributed by atoms with Crippen LogP contribution in [-0.2, 0) is 12.8 Å². The third-order valence-corrected chi connectivity index (χ3v) is 12.8. The van der Waals surface area contributed by atoms with Gasteiger partial charge >= 0.3 is 0 Å². The Kier molecular flexibility index (Phi) is 6.82. The average molecular weight is 535 g/mol. The number of aromatic nitrogens is 1. The van der Waals surface area contributed by atoms with Gasteiger partial charge in [-0.25, -0.2) is 0 Å². The number of aromatic amines is 1. The topological polar surface area (TPSA) is 68.2 Å². The summed E-state index contributed by atoms with van der Waals surface area (Å²) in [5.74, 6) is 5.00. The van der Waals surface area contributed by atoms with Gasteiger partial charge in [-0.3, -0.25) is 10.1 Å². The quantitative estimate of drug-likeness (QED) is 0.286. The van der Waals surface area contributed by atoms with Gasteiger partial charge in [0.05, 0.1) is 7.11 Å². The Morgan fingerprint density at radius 3 is 2.56 bits per heavy atom. The van der Waals surface area contributed by atoms with Crippen molar-refractivity contribution in [1.29, 1.82) is 0 Å². The van der Waals surface area contributed by atoms with E-state index in [1.807, 2.05) is 6.07 Å². The van der Waals surface area contributed by atoms with Crippen LogP contribution < -0.4 is 4.74 Å². The molecule has 6 rings (SSSR count). The van der Waals surface area contributed by atoms with E-state index in [1.165, 1.54) is 61.6 Å². The molecular formula is C34H50N2O3. The van der Waals surface area contributed by atoms with Crippen molar-refractivity contribution in [2.24, 2.45) is 52.3 Å². The van der Waals surface area contributed by atoms with Crippen LogP contribution >= 0.6 is 0 Å².